The zero-order valence-corrected chi connectivity index (χ0v) is 11.3. The van der Waals surface area contributed by atoms with Crippen LogP contribution in [0.3, 0.4) is 0 Å². The van der Waals surface area contributed by atoms with E-state index >= 15 is 0 Å². The molecule has 2 aliphatic rings. The Bertz CT molecular complexity index is 581. The molecule has 0 bridgehead atoms. The minimum atomic E-state index is -0.203. The summed E-state index contributed by atoms with van der Waals surface area (Å²) in [6.07, 6.45) is 5.56. The van der Waals surface area contributed by atoms with Crippen LogP contribution < -0.4 is 0 Å². The van der Waals surface area contributed by atoms with Crippen molar-refractivity contribution in [2.45, 2.75) is 26.2 Å². The third-order valence-corrected chi connectivity index (χ3v) is 3.98. The Morgan fingerprint density at radius 1 is 1.37 bits per heavy atom. The number of allylic oxidation sites excluding steroid dienone is 3. The van der Waals surface area contributed by atoms with E-state index in [0.717, 1.165) is 6.42 Å². The highest BCUT2D eigenvalue weighted by molar-refractivity contribution is 5.85. The van der Waals surface area contributed by atoms with Gasteiger partial charge in [-0.25, -0.2) is 0 Å². The summed E-state index contributed by atoms with van der Waals surface area (Å²) in [5.41, 5.74) is 5.37. The first-order valence-corrected chi connectivity index (χ1v) is 6.80. The molecule has 0 amide bonds. The van der Waals surface area contributed by atoms with Crippen LogP contribution in [0.1, 0.15) is 37.3 Å². The van der Waals surface area contributed by atoms with E-state index in [9.17, 15) is 4.79 Å². The Labute approximate surface area is 113 Å². The Morgan fingerprint density at radius 3 is 2.95 bits per heavy atom. The van der Waals surface area contributed by atoms with Gasteiger partial charge in [-0.15, -0.1) is 0 Å². The number of fused-ring (bicyclic) bond motifs is 2. The van der Waals surface area contributed by atoms with Crippen molar-refractivity contribution in [1.29, 1.82) is 0 Å². The number of hydrogen-bond acceptors (Lipinski definition) is 2. The molecule has 0 saturated carbocycles. The molecular formula is C17H18O2. The minimum absolute atomic E-state index is 0.203. The van der Waals surface area contributed by atoms with Crippen molar-refractivity contribution in [1.82, 2.24) is 0 Å². The number of esters is 1. The van der Waals surface area contributed by atoms with E-state index in [0.29, 0.717) is 12.5 Å². The summed E-state index contributed by atoms with van der Waals surface area (Å²) in [5, 5.41) is 0. The molecule has 19 heavy (non-hydrogen) atoms. The summed E-state index contributed by atoms with van der Waals surface area (Å²) >= 11 is 0. The van der Waals surface area contributed by atoms with Gasteiger partial charge in [0.15, 0.2) is 0 Å². The third-order valence-electron chi connectivity index (χ3n) is 3.98. The van der Waals surface area contributed by atoms with Gasteiger partial charge >= 0.3 is 5.97 Å². The molecule has 0 radical (unpaired) electrons. The lowest BCUT2D eigenvalue weighted by Crippen LogP contribution is -2.13. The van der Waals surface area contributed by atoms with Gasteiger partial charge in [0, 0.05) is 12.8 Å². The van der Waals surface area contributed by atoms with Gasteiger partial charge in [0.05, 0.1) is 0 Å². The molecule has 0 fully saturated rings. The Kier molecular flexibility index (Phi) is 3.02. The fourth-order valence-corrected chi connectivity index (χ4v) is 3.11. The van der Waals surface area contributed by atoms with Crippen LogP contribution in [0.15, 0.2) is 42.0 Å². The number of carbonyl (C=O) groups excluding carboxylic acids is 1. The van der Waals surface area contributed by atoms with Crippen LogP contribution in [0.5, 0.6) is 0 Å². The number of hydrogen-bond donors (Lipinski definition) is 0. The predicted octanol–water partition coefficient (Wildman–Crippen LogP) is 3.70. The molecule has 2 nitrogen and oxygen atoms in total. The molecule has 2 unspecified atom stereocenters. The molecule has 0 aliphatic heterocycles. The maximum Gasteiger partial charge on any atom is 0.302 e. The standard InChI is InChI=1S/C17H18O2/c1-11-7-8-15-13-5-3-4-6-14(13)17(16(15)9-11)10-19-12(2)18/h3-8,11,17H,9-10H2,1-2H3. The van der Waals surface area contributed by atoms with Crippen LogP contribution in [-0.2, 0) is 9.53 Å². The molecule has 3 rings (SSSR count). The van der Waals surface area contributed by atoms with Crippen molar-refractivity contribution in [2.24, 2.45) is 5.92 Å². The van der Waals surface area contributed by atoms with E-state index in [1.807, 2.05) is 0 Å². The first kappa shape index (κ1) is 12.2. The molecular weight excluding hydrogens is 236 g/mol. The molecule has 0 N–H and O–H groups in total. The summed E-state index contributed by atoms with van der Waals surface area (Å²) in [4.78, 5) is 11.1. The predicted molar refractivity (Wildman–Crippen MR) is 75.7 cm³/mol. The van der Waals surface area contributed by atoms with Crippen molar-refractivity contribution in [2.75, 3.05) is 6.61 Å². The second-order valence-electron chi connectivity index (χ2n) is 5.42. The molecule has 0 spiro atoms. The van der Waals surface area contributed by atoms with E-state index in [1.54, 1.807) is 0 Å². The highest BCUT2D eigenvalue weighted by atomic mass is 16.5. The van der Waals surface area contributed by atoms with E-state index < -0.39 is 0 Å². The summed E-state index contributed by atoms with van der Waals surface area (Å²) in [5.74, 6) is 0.598. The molecule has 0 saturated heterocycles. The minimum Gasteiger partial charge on any atom is -0.465 e. The molecule has 0 aromatic heterocycles. The Balaban J connectivity index is 1.99. The third kappa shape index (κ3) is 2.12. The zero-order valence-electron chi connectivity index (χ0n) is 11.3. The maximum absolute atomic E-state index is 11.1. The van der Waals surface area contributed by atoms with Gasteiger partial charge in [0.25, 0.3) is 0 Å². The van der Waals surface area contributed by atoms with Crippen molar-refractivity contribution < 1.29 is 9.53 Å². The smallest absolute Gasteiger partial charge is 0.302 e. The summed E-state index contributed by atoms with van der Waals surface area (Å²) in [6, 6.07) is 8.45. The second kappa shape index (κ2) is 4.69. The highest BCUT2D eigenvalue weighted by Crippen LogP contribution is 2.47. The van der Waals surface area contributed by atoms with Crippen molar-refractivity contribution in [3.05, 3.63) is 53.1 Å². The fraction of sp³-hybridized carbons (Fsp3) is 0.353. The Hall–Kier alpha value is -1.83. The van der Waals surface area contributed by atoms with Gasteiger partial charge in [-0.1, -0.05) is 48.9 Å². The molecule has 2 heteroatoms. The van der Waals surface area contributed by atoms with Crippen LogP contribution >= 0.6 is 0 Å². The molecule has 0 heterocycles. The Morgan fingerprint density at radius 2 is 2.16 bits per heavy atom. The SMILES string of the molecule is CC(=O)OCC1C2=C(C=CC(C)C2)c2ccccc21. The average Bonchev–Trinajstić information content (AvgIpc) is 2.69. The second-order valence-corrected chi connectivity index (χ2v) is 5.42. The summed E-state index contributed by atoms with van der Waals surface area (Å²) < 4.78 is 5.27. The number of carbonyl (C=O) groups is 1. The quantitative estimate of drug-likeness (QED) is 0.752. The van der Waals surface area contributed by atoms with Gasteiger partial charge in [-0.05, 0) is 29.0 Å². The van der Waals surface area contributed by atoms with E-state index in [4.69, 9.17) is 4.74 Å². The van der Waals surface area contributed by atoms with Crippen LogP contribution in [0.4, 0.5) is 0 Å². The lowest BCUT2D eigenvalue weighted by molar-refractivity contribution is -0.141. The molecule has 2 atom stereocenters. The average molecular weight is 254 g/mol. The largest absolute Gasteiger partial charge is 0.465 e. The van der Waals surface area contributed by atoms with Crippen molar-refractivity contribution >= 4 is 11.5 Å². The molecule has 2 aliphatic carbocycles. The summed E-state index contributed by atoms with van der Waals surface area (Å²) in [6.45, 7) is 4.16. The lowest BCUT2D eigenvalue weighted by Gasteiger charge is -2.20. The van der Waals surface area contributed by atoms with Gasteiger partial charge in [-0.2, -0.15) is 0 Å². The van der Waals surface area contributed by atoms with E-state index in [-0.39, 0.29) is 11.9 Å². The topological polar surface area (TPSA) is 26.3 Å². The van der Waals surface area contributed by atoms with Crippen LogP contribution in [0.25, 0.3) is 5.57 Å². The number of benzene rings is 1. The van der Waals surface area contributed by atoms with Gasteiger partial charge in [-0.3, -0.25) is 4.79 Å². The van der Waals surface area contributed by atoms with E-state index in [1.165, 1.54) is 29.2 Å². The van der Waals surface area contributed by atoms with Crippen LogP contribution in [0, 0.1) is 5.92 Å². The van der Waals surface area contributed by atoms with Crippen LogP contribution in [0.2, 0.25) is 0 Å². The monoisotopic (exact) mass is 254 g/mol. The fourth-order valence-electron chi connectivity index (χ4n) is 3.11. The first-order chi connectivity index (χ1) is 9.16. The molecule has 1 aromatic carbocycles. The first-order valence-electron chi connectivity index (χ1n) is 6.80. The summed E-state index contributed by atoms with van der Waals surface area (Å²) in [7, 11) is 0. The van der Waals surface area contributed by atoms with Crippen molar-refractivity contribution in [3.8, 4) is 0 Å². The van der Waals surface area contributed by atoms with Crippen LogP contribution in [-0.4, -0.2) is 12.6 Å². The van der Waals surface area contributed by atoms with E-state index in [2.05, 4.69) is 43.3 Å². The van der Waals surface area contributed by atoms with Crippen molar-refractivity contribution in [3.63, 3.8) is 0 Å². The molecule has 98 valence electrons. The van der Waals surface area contributed by atoms with Gasteiger partial charge < -0.3 is 4.74 Å². The van der Waals surface area contributed by atoms with Gasteiger partial charge in [0.2, 0.25) is 0 Å². The highest BCUT2D eigenvalue weighted by Gasteiger charge is 2.32. The maximum atomic E-state index is 11.1. The number of ether oxygens (including phenoxy) is 1. The zero-order chi connectivity index (χ0) is 13.4. The molecule has 1 aromatic rings. The normalized spacial score (nSPS) is 24.1. The van der Waals surface area contributed by atoms with Gasteiger partial charge in [0.1, 0.15) is 6.61 Å². The lowest BCUT2D eigenvalue weighted by atomic mass is 9.86. The number of rotatable bonds is 2.